The number of nitrogens with zero attached hydrogens (tertiary/aromatic N) is 2. The summed E-state index contributed by atoms with van der Waals surface area (Å²) >= 11 is 1.48. The molecule has 120 valence electrons. The van der Waals surface area contributed by atoms with Crippen molar-refractivity contribution in [2.45, 2.75) is 32.7 Å². The van der Waals surface area contributed by atoms with Gasteiger partial charge in [0.15, 0.2) is 0 Å². The molecular formula is C18H21N3OS. The van der Waals surface area contributed by atoms with Gasteiger partial charge in [0.05, 0.1) is 12.1 Å². The largest absolute Gasteiger partial charge is 0.510 e. The fourth-order valence-corrected chi connectivity index (χ4v) is 3.71. The molecule has 4 nitrogen and oxygen atoms in total. The van der Waals surface area contributed by atoms with Crippen LogP contribution in [-0.4, -0.2) is 33.4 Å². The predicted molar refractivity (Wildman–Crippen MR) is 95.1 cm³/mol. The highest BCUT2D eigenvalue weighted by Gasteiger charge is 2.32. The third-order valence-corrected chi connectivity index (χ3v) is 5.17. The number of aromatic nitrogens is 1. The molecule has 0 saturated carbocycles. The standard InChI is InChI=1S/C18H21N3OS/c1-12-11-23-18(20-12)16-15(22)10-21(17(16)19)13(2)8-9-14-6-4-3-5-7-14/h3-7,11,13,19,22H,8-10H2,1-2H3. The Kier molecular flexibility index (Phi) is 4.48. The average Bonchev–Trinajstić information content (AvgIpc) is 3.09. The minimum Gasteiger partial charge on any atom is -0.510 e. The lowest BCUT2D eigenvalue weighted by atomic mass is 10.1. The normalized spacial score (nSPS) is 16.3. The predicted octanol–water partition coefficient (Wildman–Crippen LogP) is 4.03. The molecule has 23 heavy (non-hydrogen) atoms. The van der Waals surface area contributed by atoms with E-state index in [1.807, 2.05) is 35.4 Å². The molecule has 1 aliphatic rings. The van der Waals surface area contributed by atoms with Crippen molar-refractivity contribution in [2.75, 3.05) is 6.54 Å². The number of hydrogen-bond donors (Lipinski definition) is 2. The summed E-state index contributed by atoms with van der Waals surface area (Å²) < 4.78 is 0. The van der Waals surface area contributed by atoms with Gasteiger partial charge in [0.25, 0.3) is 0 Å². The molecule has 0 spiro atoms. The van der Waals surface area contributed by atoms with E-state index in [1.165, 1.54) is 16.9 Å². The third kappa shape index (κ3) is 3.29. The number of amidine groups is 1. The first kappa shape index (κ1) is 15.7. The quantitative estimate of drug-likeness (QED) is 0.871. The molecule has 0 radical (unpaired) electrons. The van der Waals surface area contributed by atoms with Crippen molar-refractivity contribution in [3.63, 3.8) is 0 Å². The molecule has 5 heteroatoms. The highest BCUT2D eigenvalue weighted by molar-refractivity contribution is 7.11. The van der Waals surface area contributed by atoms with E-state index in [1.54, 1.807) is 0 Å². The lowest BCUT2D eigenvalue weighted by molar-refractivity contribution is 0.296. The van der Waals surface area contributed by atoms with Crippen LogP contribution < -0.4 is 0 Å². The van der Waals surface area contributed by atoms with Crippen molar-refractivity contribution < 1.29 is 5.11 Å². The molecule has 2 N–H and O–H groups in total. The zero-order valence-electron chi connectivity index (χ0n) is 13.4. The van der Waals surface area contributed by atoms with Crippen LogP contribution in [0.3, 0.4) is 0 Å². The SMILES string of the molecule is Cc1csc(C2=C(O)CN(C(C)CCc3ccccc3)C2=N)n1. The maximum atomic E-state index is 10.3. The summed E-state index contributed by atoms with van der Waals surface area (Å²) in [6, 6.07) is 10.6. The monoisotopic (exact) mass is 327 g/mol. The molecule has 3 rings (SSSR count). The van der Waals surface area contributed by atoms with Crippen LogP contribution in [0.1, 0.15) is 29.6 Å². The van der Waals surface area contributed by atoms with Crippen LogP contribution in [0.25, 0.3) is 5.57 Å². The van der Waals surface area contributed by atoms with E-state index >= 15 is 0 Å². The van der Waals surface area contributed by atoms with Crippen LogP contribution in [0.2, 0.25) is 0 Å². The summed E-state index contributed by atoms with van der Waals surface area (Å²) in [6.45, 7) is 4.44. The van der Waals surface area contributed by atoms with Crippen molar-refractivity contribution in [1.82, 2.24) is 9.88 Å². The van der Waals surface area contributed by atoms with Crippen molar-refractivity contribution >= 4 is 22.7 Å². The first-order valence-corrected chi connectivity index (χ1v) is 8.68. The van der Waals surface area contributed by atoms with Crippen LogP contribution in [0.4, 0.5) is 0 Å². The number of rotatable bonds is 5. The number of thiazole rings is 1. The highest BCUT2D eigenvalue weighted by Crippen LogP contribution is 2.31. The molecular weight excluding hydrogens is 306 g/mol. The zero-order chi connectivity index (χ0) is 16.4. The van der Waals surface area contributed by atoms with Gasteiger partial charge in [-0.25, -0.2) is 4.98 Å². The number of hydrogen-bond acceptors (Lipinski definition) is 4. The Labute approximate surface area is 140 Å². The number of aryl methyl sites for hydroxylation is 2. The Balaban J connectivity index is 1.67. The van der Waals surface area contributed by atoms with Crippen LogP contribution >= 0.6 is 11.3 Å². The van der Waals surface area contributed by atoms with E-state index < -0.39 is 0 Å². The Morgan fingerprint density at radius 2 is 2.09 bits per heavy atom. The van der Waals surface area contributed by atoms with Gasteiger partial charge in [0, 0.05) is 17.1 Å². The van der Waals surface area contributed by atoms with E-state index in [0.717, 1.165) is 23.5 Å². The first-order chi connectivity index (χ1) is 11.1. The van der Waals surface area contributed by atoms with Crippen LogP contribution in [0.15, 0.2) is 41.5 Å². The van der Waals surface area contributed by atoms with E-state index in [-0.39, 0.29) is 11.8 Å². The second kappa shape index (κ2) is 6.54. The Morgan fingerprint density at radius 3 is 2.74 bits per heavy atom. The Hall–Kier alpha value is -2.14. The smallest absolute Gasteiger partial charge is 0.135 e. The molecule has 0 fully saturated rings. The second-order valence-corrected chi connectivity index (χ2v) is 6.82. The van der Waals surface area contributed by atoms with E-state index in [0.29, 0.717) is 18.0 Å². The number of aliphatic hydroxyl groups is 1. The van der Waals surface area contributed by atoms with Gasteiger partial charge in [-0.3, -0.25) is 5.41 Å². The van der Waals surface area contributed by atoms with E-state index in [9.17, 15) is 5.11 Å². The average molecular weight is 327 g/mol. The molecule has 1 atom stereocenters. The molecule has 1 aliphatic heterocycles. The molecule has 1 aromatic carbocycles. The molecule has 0 amide bonds. The van der Waals surface area contributed by atoms with Gasteiger partial charge in [0.1, 0.15) is 16.6 Å². The van der Waals surface area contributed by atoms with Crippen LogP contribution in [-0.2, 0) is 6.42 Å². The Morgan fingerprint density at radius 1 is 1.35 bits per heavy atom. The lowest BCUT2D eigenvalue weighted by Crippen LogP contribution is -2.35. The summed E-state index contributed by atoms with van der Waals surface area (Å²) in [7, 11) is 0. The van der Waals surface area contributed by atoms with Crippen LogP contribution in [0, 0.1) is 12.3 Å². The van der Waals surface area contributed by atoms with Crippen molar-refractivity contribution in [3.05, 3.63) is 57.7 Å². The molecule has 2 aromatic rings. The number of nitrogens with one attached hydrogen (secondary N) is 1. The van der Waals surface area contributed by atoms with Gasteiger partial charge in [-0.05, 0) is 32.3 Å². The van der Waals surface area contributed by atoms with Crippen molar-refractivity contribution in [2.24, 2.45) is 0 Å². The minimum absolute atomic E-state index is 0.198. The van der Waals surface area contributed by atoms with E-state index in [2.05, 4.69) is 24.0 Å². The minimum atomic E-state index is 0.198. The van der Waals surface area contributed by atoms with Crippen molar-refractivity contribution in [3.8, 4) is 0 Å². The summed E-state index contributed by atoms with van der Waals surface area (Å²) in [4.78, 5) is 6.38. The van der Waals surface area contributed by atoms with Crippen molar-refractivity contribution in [1.29, 1.82) is 5.41 Å². The summed E-state index contributed by atoms with van der Waals surface area (Å²) in [5.74, 6) is 0.647. The van der Waals surface area contributed by atoms with Gasteiger partial charge >= 0.3 is 0 Å². The lowest BCUT2D eigenvalue weighted by Gasteiger charge is -2.26. The third-order valence-electron chi connectivity index (χ3n) is 4.19. The highest BCUT2D eigenvalue weighted by atomic mass is 32.1. The topological polar surface area (TPSA) is 60.2 Å². The molecule has 1 unspecified atom stereocenters. The van der Waals surface area contributed by atoms with Gasteiger partial charge in [-0.15, -0.1) is 11.3 Å². The van der Waals surface area contributed by atoms with Gasteiger partial charge in [-0.2, -0.15) is 0 Å². The fourth-order valence-electron chi connectivity index (χ4n) is 2.85. The first-order valence-electron chi connectivity index (χ1n) is 7.80. The fraction of sp³-hybridized carbons (Fsp3) is 0.333. The van der Waals surface area contributed by atoms with Gasteiger partial charge in [0.2, 0.25) is 0 Å². The van der Waals surface area contributed by atoms with E-state index in [4.69, 9.17) is 5.41 Å². The summed E-state index contributed by atoms with van der Waals surface area (Å²) in [6.07, 6.45) is 1.92. The number of benzene rings is 1. The maximum absolute atomic E-state index is 10.3. The second-order valence-electron chi connectivity index (χ2n) is 5.97. The van der Waals surface area contributed by atoms with Gasteiger partial charge in [-0.1, -0.05) is 30.3 Å². The summed E-state index contributed by atoms with van der Waals surface area (Å²) in [5, 5.41) is 21.4. The molecule has 0 aliphatic carbocycles. The van der Waals surface area contributed by atoms with Gasteiger partial charge < -0.3 is 10.0 Å². The maximum Gasteiger partial charge on any atom is 0.135 e. The molecule has 0 saturated heterocycles. The number of aliphatic hydroxyl groups excluding tert-OH is 1. The molecule has 0 bridgehead atoms. The Bertz CT molecular complexity index is 736. The summed E-state index contributed by atoms with van der Waals surface area (Å²) in [5.41, 5.74) is 2.82. The zero-order valence-corrected chi connectivity index (χ0v) is 14.2. The van der Waals surface area contributed by atoms with Crippen LogP contribution in [0.5, 0.6) is 0 Å². The molecule has 1 aromatic heterocycles. The molecule has 2 heterocycles.